The van der Waals surface area contributed by atoms with Crippen LogP contribution in [0.2, 0.25) is 0 Å². The number of amides is 2. The number of urea groups is 1. The summed E-state index contributed by atoms with van der Waals surface area (Å²) in [6.45, 7) is 2.27. The van der Waals surface area contributed by atoms with Gasteiger partial charge in [-0.25, -0.2) is 14.3 Å². The van der Waals surface area contributed by atoms with Crippen molar-refractivity contribution in [2.24, 2.45) is 7.05 Å². The molecule has 2 aromatic carbocycles. The van der Waals surface area contributed by atoms with E-state index < -0.39 is 0 Å². The molecule has 2 amide bonds. The van der Waals surface area contributed by atoms with E-state index in [0.29, 0.717) is 26.2 Å². The zero-order chi connectivity index (χ0) is 20.9. The first-order valence-electron chi connectivity index (χ1n) is 10.4. The van der Waals surface area contributed by atoms with Gasteiger partial charge in [0.2, 0.25) is 0 Å². The van der Waals surface area contributed by atoms with Gasteiger partial charge in [-0.1, -0.05) is 60.7 Å². The minimum atomic E-state index is -0.125. The highest BCUT2D eigenvalue weighted by Crippen LogP contribution is 2.25. The summed E-state index contributed by atoms with van der Waals surface area (Å²) >= 11 is 0. The Kier molecular flexibility index (Phi) is 5.97. The van der Waals surface area contributed by atoms with Crippen LogP contribution in [0.5, 0.6) is 0 Å². The Hall–Kier alpha value is -3.35. The Morgan fingerprint density at radius 1 is 1.07 bits per heavy atom. The molecule has 30 heavy (non-hydrogen) atoms. The number of likely N-dealkylation sites (tertiary alicyclic amines) is 1. The van der Waals surface area contributed by atoms with E-state index in [1.165, 1.54) is 4.68 Å². The van der Waals surface area contributed by atoms with Gasteiger partial charge in [0, 0.05) is 32.6 Å². The standard InChI is InChI=1S/C23H27N5O2/c1-26-23(30)28(16-19-11-6-3-7-12-19)21(25-26)20-13-8-14-27(17-20)22(29)24-15-18-9-4-2-5-10-18/h2-7,9-12,20H,8,13-17H2,1H3,(H,24,29). The molecule has 1 saturated heterocycles. The molecule has 2 heterocycles. The number of hydrogen-bond acceptors (Lipinski definition) is 3. The summed E-state index contributed by atoms with van der Waals surface area (Å²) in [6.07, 6.45) is 1.80. The summed E-state index contributed by atoms with van der Waals surface area (Å²) in [7, 11) is 1.68. The lowest BCUT2D eigenvalue weighted by Crippen LogP contribution is -2.45. The molecule has 7 nitrogen and oxygen atoms in total. The molecule has 0 radical (unpaired) electrons. The van der Waals surface area contributed by atoms with Crippen molar-refractivity contribution >= 4 is 6.03 Å². The smallest absolute Gasteiger partial charge is 0.334 e. The number of rotatable bonds is 5. The lowest BCUT2D eigenvalue weighted by atomic mass is 9.97. The monoisotopic (exact) mass is 405 g/mol. The molecule has 156 valence electrons. The Morgan fingerprint density at radius 3 is 2.43 bits per heavy atom. The molecule has 1 atom stereocenters. The molecule has 1 fully saturated rings. The lowest BCUT2D eigenvalue weighted by molar-refractivity contribution is 0.177. The van der Waals surface area contributed by atoms with E-state index in [1.807, 2.05) is 65.6 Å². The largest absolute Gasteiger partial charge is 0.345 e. The van der Waals surface area contributed by atoms with Gasteiger partial charge in [0.05, 0.1) is 6.54 Å². The SMILES string of the molecule is Cn1nc(C2CCCN(C(=O)NCc3ccccc3)C2)n(Cc2ccccc2)c1=O. The van der Waals surface area contributed by atoms with Crippen molar-refractivity contribution in [1.82, 2.24) is 24.6 Å². The quantitative estimate of drug-likeness (QED) is 0.709. The van der Waals surface area contributed by atoms with Crippen molar-refractivity contribution in [1.29, 1.82) is 0 Å². The van der Waals surface area contributed by atoms with Crippen molar-refractivity contribution in [3.63, 3.8) is 0 Å². The highest BCUT2D eigenvalue weighted by molar-refractivity contribution is 5.74. The van der Waals surface area contributed by atoms with Crippen LogP contribution in [0.25, 0.3) is 0 Å². The van der Waals surface area contributed by atoms with Crippen molar-refractivity contribution in [3.8, 4) is 0 Å². The Labute approximate surface area is 175 Å². The van der Waals surface area contributed by atoms with Crippen LogP contribution < -0.4 is 11.0 Å². The van der Waals surface area contributed by atoms with Crippen LogP contribution in [0.3, 0.4) is 0 Å². The minimum Gasteiger partial charge on any atom is -0.334 e. The number of nitrogens with one attached hydrogen (secondary N) is 1. The zero-order valence-corrected chi connectivity index (χ0v) is 17.2. The molecule has 1 aliphatic heterocycles. The molecular formula is C23H27N5O2. The van der Waals surface area contributed by atoms with Gasteiger partial charge < -0.3 is 10.2 Å². The van der Waals surface area contributed by atoms with E-state index in [2.05, 4.69) is 10.4 Å². The number of nitrogens with zero attached hydrogens (tertiary/aromatic N) is 4. The summed E-state index contributed by atoms with van der Waals surface area (Å²) in [5, 5.41) is 7.53. The van der Waals surface area contributed by atoms with E-state index >= 15 is 0 Å². The number of piperidine rings is 1. The average Bonchev–Trinajstić information content (AvgIpc) is 3.07. The van der Waals surface area contributed by atoms with Crippen LogP contribution in [-0.4, -0.2) is 38.4 Å². The predicted octanol–water partition coefficient (Wildman–Crippen LogP) is 2.72. The molecule has 3 aromatic rings. The molecular weight excluding hydrogens is 378 g/mol. The fourth-order valence-electron chi connectivity index (χ4n) is 4.00. The van der Waals surface area contributed by atoms with Gasteiger partial charge >= 0.3 is 11.7 Å². The molecule has 0 saturated carbocycles. The number of aryl methyl sites for hydroxylation is 1. The second-order valence-corrected chi connectivity index (χ2v) is 7.77. The van der Waals surface area contributed by atoms with E-state index in [-0.39, 0.29) is 17.6 Å². The minimum absolute atomic E-state index is 0.0406. The number of hydrogen-bond donors (Lipinski definition) is 1. The molecule has 4 rings (SSSR count). The molecule has 7 heteroatoms. The highest BCUT2D eigenvalue weighted by atomic mass is 16.2. The van der Waals surface area contributed by atoms with Gasteiger partial charge in [0.1, 0.15) is 5.82 Å². The summed E-state index contributed by atoms with van der Waals surface area (Å²) in [4.78, 5) is 27.2. The van der Waals surface area contributed by atoms with E-state index in [4.69, 9.17) is 0 Å². The first-order chi connectivity index (χ1) is 14.6. The Bertz CT molecular complexity index is 1040. The second-order valence-electron chi connectivity index (χ2n) is 7.77. The number of benzene rings is 2. The molecule has 0 aliphatic carbocycles. The Balaban J connectivity index is 1.47. The van der Waals surface area contributed by atoms with E-state index in [9.17, 15) is 9.59 Å². The first-order valence-corrected chi connectivity index (χ1v) is 10.4. The van der Waals surface area contributed by atoms with Crippen molar-refractivity contribution in [3.05, 3.63) is 88.1 Å². The maximum atomic E-state index is 12.7. The summed E-state index contributed by atoms with van der Waals surface area (Å²) < 4.78 is 3.14. The predicted molar refractivity (Wildman–Crippen MR) is 115 cm³/mol. The summed E-state index contributed by atoms with van der Waals surface area (Å²) in [6, 6.07) is 19.7. The van der Waals surface area contributed by atoms with Crippen molar-refractivity contribution in [2.75, 3.05) is 13.1 Å². The van der Waals surface area contributed by atoms with Crippen LogP contribution in [-0.2, 0) is 20.1 Å². The van der Waals surface area contributed by atoms with E-state index in [1.54, 1.807) is 11.6 Å². The third kappa shape index (κ3) is 4.45. The van der Waals surface area contributed by atoms with Crippen LogP contribution in [0.15, 0.2) is 65.5 Å². The van der Waals surface area contributed by atoms with Gasteiger partial charge in [-0.2, -0.15) is 5.10 Å². The number of carbonyl (C=O) groups is 1. The van der Waals surface area contributed by atoms with Crippen molar-refractivity contribution in [2.45, 2.75) is 31.8 Å². The van der Waals surface area contributed by atoms with Crippen LogP contribution in [0, 0.1) is 0 Å². The first kappa shape index (κ1) is 19.9. The Morgan fingerprint density at radius 2 is 1.73 bits per heavy atom. The topological polar surface area (TPSA) is 72.2 Å². The van der Waals surface area contributed by atoms with Gasteiger partial charge in [-0.15, -0.1) is 0 Å². The molecule has 1 unspecified atom stereocenters. The van der Waals surface area contributed by atoms with Crippen LogP contribution in [0.1, 0.15) is 35.7 Å². The molecule has 0 spiro atoms. The fraction of sp³-hybridized carbons (Fsp3) is 0.348. The van der Waals surface area contributed by atoms with Gasteiger partial charge in [-0.05, 0) is 24.0 Å². The third-order valence-corrected chi connectivity index (χ3v) is 5.58. The third-order valence-electron chi connectivity index (χ3n) is 5.58. The molecule has 1 aliphatic rings. The van der Waals surface area contributed by atoms with Crippen LogP contribution >= 0.6 is 0 Å². The maximum absolute atomic E-state index is 12.7. The molecule has 1 aromatic heterocycles. The summed E-state index contributed by atoms with van der Waals surface area (Å²) in [5.74, 6) is 0.797. The van der Waals surface area contributed by atoms with Gasteiger partial charge in [-0.3, -0.25) is 4.57 Å². The summed E-state index contributed by atoms with van der Waals surface area (Å²) in [5.41, 5.74) is 2.00. The number of carbonyl (C=O) groups excluding carboxylic acids is 1. The second kappa shape index (κ2) is 8.98. The zero-order valence-electron chi connectivity index (χ0n) is 17.2. The maximum Gasteiger partial charge on any atom is 0.345 e. The molecule has 0 bridgehead atoms. The van der Waals surface area contributed by atoms with Crippen molar-refractivity contribution < 1.29 is 4.79 Å². The van der Waals surface area contributed by atoms with Gasteiger partial charge in [0.25, 0.3) is 0 Å². The lowest BCUT2D eigenvalue weighted by Gasteiger charge is -2.32. The van der Waals surface area contributed by atoms with Crippen LogP contribution in [0.4, 0.5) is 4.79 Å². The normalized spacial score (nSPS) is 16.4. The number of aromatic nitrogens is 3. The average molecular weight is 406 g/mol. The fourth-order valence-corrected chi connectivity index (χ4v) is 4.00. The molecule has 1 N–H and O–H groups in total. The highest BCUT2D eigenvalue weighted by Gasteiger charge is 2.29. The van der Waals surface area contributed by atoms with E-state index in [0.717, 1.165) is 29.8 Å². The van der Waals surface area contributed by atoms with Gasteiger partial charge in [0.15, 0.2) is 0 Å².